The monoisotopic (exact) mass is 723 g/mol. The number of fused-ring (bicyclic) bond motifs is 8. The van der Waals surface area contributed by atoms with Crippen LogP contribution in [0.25, 0.3) is 82.5 Å². The third-order valence-corrected chi connectivity index (χ3v) is 9.45. The van der Waals surface area contributed by atoms with Gasteiger partial charge in [0.05, 0.1) is 56.6 Å². The zero-order chi connectivity index (χ0) is 54.6. The van der Waals surface area contributed by atoms with Gasteiger partial charge in [0.25, 0.3) is 0 Å². The molecule has 0 atom stereocenters. The van der Waals surface area contributed by atoms with Crippen LogP contribution < -0.4 is 4.90 Å². The third-order valence-electron chi connectivity index (χ3n) is 9.45. The predicted molar refractivity (Wildman–Crippen MR) is 231 cm³/mol. The molecule has 11 rings (SSSR count). The molecule has 9 aromatic carbocycles. The van der Waals surface area contributed by atoms with Gasteiger partial charge in [0, 0.05) is 38.5 Å². The second-order valence-corrected chi connectivity index (χ2v) is 12.5. The summed E-state index contributed by atoms with van der Waals surface area (Å²) < 4.78 is 199. The molecule has 258 valence electrons. The summed E-state index contributed by atoms with van der Waals surface area (Å²) in [7, 11) is 0. The number of hydrogen-bond donors (Lipinski definition) is 0. The lowest BCUT2D eigenvalue weighted by Gasteiger charge is -2.27. The van der Waals surface area contributed by atoms with Crippen LogP contribution in [-0.2, 0) is 0 Å². The number of nitrogens with zero attached hydrogens (tertiary/aromatic N) is 2. The molecule has 3 heteroatoms. The highest BCUT2D eigenvalue weighted by Gasteiger charge is 2.21. The molecule has 2 heterocycles. The first-order valence-corrected chi connectivity index (χ1v) is 17.1. The molecule has 0 aliphatic heterocycles. The van der Waals surface area contributed by atoms with Gasteiger partial charge in [-0.3, -0.25) is 0 Å². The minimum Gasteiger partial charge on any atom is -0.455 e. The van der Waals surface area contributed by atoms with Gasteiger partial charge in [-0.05, 0) is 82.6 Å². The van der Waals surface area contributed by atoms with E-state index in [1.165, 1.54) is 0 Å². The normalized spacial score (nSPS) is 17.0. The van der Waals surface area contributed by atoms with Gasteiger partial charge < -0.3 is 13.9 Å². The third kappa shape index (κ3) is 5.05. The fraction of sp³-hybridized carbons (Fsp3) is 0. The molecule has 0 N–H and O–H groups in total. The molecule has 0 aliphatic carbocycles. The summed E-state index contributed by atoms with van der Waals surface area (Å²) in [4.78, 5) is 0.678. The SMILES string of the molecule is [2H]c1c([2H])c([2H])c(-c2c([2H])c([2H])c(N(c3c([2H])c([2H])c(-c4ccccc4-n4c5ccccc5c5ccccc54)c([2H])c3[2H])c3c([2H])c([2H])c([2H])c4oc5c6c([2H])c([2H])c([2H])c([2H])c6cc([2H])c5c34)c([2H])c2[2H])c([2H])c1[2H]. The van der Waals surface area contributed by atoms with Crippen LogP contribution in [0.3, 0.4) is 0 Å². The summed E-state index contributed by atoms with van der Waals surface area (Å²) in [5, 5.41) is 0.528. The van der Waals surface area contributed by atoms with Gasteiger partial charge in [-0.2, -0.15) is 0 Å². The van der Waals surface area contributed by atoms with Gasteiger partial charge in [-0.15, -0.1) is 0 Å². The number of para-hydroxylation sites is 3. The van der Waals surface area contributed by atoms with E-state index in [2.05, 4.69) is 0 Å². The molecular formula is C52H34N2O. The Morgan fingerprint density at radius 1 is 0.455 bits per heavy atom. The van der Waals surface area contributed by atoms with E-state index in [1.807, 2.05) is 53.1 Å². The molecule has 0 fully saturated rings. The topological polar surface area (TPSA) is 21.3 Å². The predicted octanol–water partition coefficient (Wildman–Crippen LogP) is 14.6. The average molecular weight is 724 g/mol. The van der Waals surface area contributed by atoms with Gasteiger partial charge in [0.1, 0.15) is 11.2 Å². The molecule has 11 aromatic rings. The van der Waals surface area contributed by atoms with Crippen molar-refractivity contribution < 1.29 is 33.2 Å². The number of furan rings is 1. The lowest BCUT2D eigenvalue weighted by Crippen LogP contribution is -2.10. The van der Waals surface area contributed by atoms with Crippen LogP contribution in [0.2, 0.25) is 0 Å². The Kier molecular flexibility index (Phi) is 3.85. The van der Waals surface area contributed by atoms with Crippen LogP contribution in [0.5, 0.6) is 0 Å². The molecular weight excluding hydrogens is 669 g/mol. The first-order valence-electron chi connectivity index (χ1n) is 27.6. The quantitative estimate of drug-likeness (QED) is 0.170. The van der Waals surface area contributed by atoms with Crippen molar-refractivity contribution in [2.75, 3.05) is 4.90 Å². The highest BCUT2D eigenvalue weighted by atomic mass is 16.3. The first kappa shape index (κ1) is 16.8. The van der Waals surface area contributed by atoms with Crippen molar-refractivity contribution in [3.05, 3.63) is 206 Å². The van der Waals surface area contributed by atoms with E-state index in [-0.39, 0.29) is 27.3 Å². The molecule has 0 saturated heterocycles. The molecule has 0 aliphatic rings. The molecule has 0 unspecified atom stereocenters. The fourth-order valence-electron chi connectivity index (χ4n) is 7.06. The Bertz CT molecular complexity index is 4310. The van der Waals surface area contributed by atoms with E-state index in [9.17, 15) is 13.7 Å². The maximum atomic E-state index is 9.90. The van der Waals surface area contributed by atoms with Crippen LogP contribution in [0.1, 0.15) is 28.8 Å². The van der Waals surface area contributed by atoms with E-state index in [0.29, 0.717) is 10.6 Å². The van der Waals surface area contributed by atoms with Crippen molar-refractivity contribution in [3.8, 4) is 27.9 Å². The van der Waals surface area contributed by atoms with E-state index < -0.39 is 172 Å². The van der Waals surface area contributed by atoms with Crippen molar-refractivity contribution in [3.63, 3.8) is 0 Å². The number of hydrogen-bond acceptors (Lipinski definition) is 2. The molecule has 0 saturated carbocycles. The Labute approximate surface area is 348 Å². The molecule has 3 nitrogen and oxygen atoms in total. The number of benzene rings is 9. The van der Waals surface area contributed by atoms with Crippen LogP contribution in [0, 0.1) is 0 Å². The van der Waals surface area contributed by atoms with Gasteiger partial charge in [0.15, 0.2) is 0 Å². The average Bonchev–Trinajstić information content (AvgIpc) is 3.97. The standard InChI is InChI=1S/C52H34N2O/c1-2-13-35(14-3-1)36-25-30-39(31-26-36)53(49-23-12-24-50-51(49)45-34-29-37-15-4-5-17-42(37)52(45)55-50)40-32-27-38(28-33-40)41-16-6-9-20-46(41)54-47-21-10-7-18-43(47)44-19-8-11-22-48(44)54/h1-34H/i1D,2D,3D,4D,5D,12D,13D,14D,15D,17D,23D,24D,25D,26D,27D,28D,30D,31D,32D,33D,34D. The summed E-state index contributed by atoms with van der Waals surface area (Å²) >= 11 is 0. The van der Waals surface area contributed by atoms with Crippen molar-refractivity contribution >= 4 is 71.6 Å². The van der Waals surface area contributed by atoms with Gasteiger partial charge in [-0.1, -0.05) is 145 Å². The maximum Gasteiger partial charge on any atom is 0.143 e. The van der Waals surface area contributed by atoms with Crippen molar-refractivity contribution in [1.82, 2.24) is 4.57 Å². The van der Waals surface area contributed by atoms with E-state index in [0.717, 1.165) is 27.9 Å². The molecule has 0 bridgehead atoms. The van der Waals surface area contributed by atoms with Gasteiger partial charge >= 0.3 is 0 Å². The molecule has 55 heavy (non-hydrogen) atoms. The Morgan fingerprint density at radius 2 is 1.07 bits per heavy atom. The first-order chi connectivity index (χ1) is 36.0. The smallest absolute Gasteiger partial charge is 0.143 e. The summed E-state index contributed by atoms with van der Waals surface area (Å²) in [5.74, 6) is 0. The Morgan fingerprint density at radius 3 is 1.82 bits per heavy atom. The largest absolute Gasteiger partial charge is 0.455 e. The summed E-state index contributed by atoms with van der Waals surface area (Å²) in [6.07, 6.45) is 0. The van der Waals surface area contributed by atoms with Crippen LogP contribution >= 0.6 is 0 Å². The number of anilines is 3. The second-order valence-electron chi connectivity index (χ2n) is 12.5. The van der Waals surface area contributed by atoms with Crippen molar-refractivity contribution in [1.29, 1.82) is 0 Å². The molecule has 0 radical (unpaired) electrons. The second kappa shape index (κ2) is 12.6. The summed E-state index contributed by atoms with van der Waals surface area (Å²) in [6.45, 7) is 0. The highest BCUT2D eigenvalue weighted by molar-refractivity contribution is 6.19. The van der Waals surface area contributed by atoms with Crippen LogP contribution in [0.15, 0.2) is 210 Å². The fourth-order valence-corrected chi connectivity index (χ4v) is 7.06. The minimum atomic E-state index is -1.06. The zero-order valence-electron chi connectivity index (χ0n) is 49.3. The Balaban J connectivity index is 1.30. The lowest BCUT2D eigenvalue weighted by atomic mass is 10.0. The van der Waals surface area contributed by atoms with Gasteiger partial charge in [-0.25, -0.2) is 0 Å². The van der Waals surface area contributed by atoms with E-state index >= 15 is 0 Å². The minimum absolute atomic E-state index is 0.177. The van der Waals surface area contributed by atoms with E-state index in [4.69, 9.17) is 19.5 Å². The molecule has 2 aromatic heterocycles. The highest BCUT2D eigenvalue weighted by Crippen LogP contribution is 2.45. The maximum absolute atomic E-state index is 9.90. The van der Waals surface area contributed by atoms with Crippen LogP contribution in [0.4, 0.5) is 17.1 Å². The number of rotatable bonds is 6. The van der Waals surface area contributed by atoms with Crippen molar-refractivity contribution in [2.45, 2.75) is 0 Å². The number of aromatic nitrogens is 1. The van der Waals surface area contributed by atoms with Gasteiger partial charge in [0.2, 0.25) is 0 Å². The molecule has 0 amide bonds. The van der Waals surface area contributed by atoms with E-state index in [1.54, 1.807) is 24.3 Å². The lowest BCUT2D eigenvalue weighted by molar-refractivity contribution is 0.672. The summed E-state index contributed by atoms with van der Waals surface area (Å²) in [5.41, 5.74) is -2.95. The zero-order valence-corrected chi connectivity index (χ0v) is 28.3. The van der Waals surface area contributed by atoms with Crippen molar-refractivity contribution in [2.24, 2.45) is 0 Å². The van der Waals surface area contributed by atoms with Crippen LogP contribution in [-0.4, -0.2) is 4.57 Å². The summed E-state index contributed by atoms with van der Waals surface area (Å²) in [6, 6.07) is 5.75. The Hall–Kier alpha value is -7.36. The molecule has 0 spiro atoms.